The minimum atomic E-state index is -0.790. The Balaban J connectivity index is 1.43. The van der Waals surface area contributed by atoms with E-state index >= 15 is 0 Å². The number of esters is 2. The van der Waals surface area contributed by atoms with E-state index in [1.165, 1.54) is 4.90 Å². The lowest BCUT2D eigenvalue weighted by molar-refractivity contribution is -0.148. The molecule has 10 nitrogen and oxygen atoms in total. The van der Waals surface area contributed by atoms with Gasteiger partial charge in [-0.3, -0.25) is 24.6 Å². The highest BCUT2D eigenvalue weighted by Gasteiger charge is 2.35. The highest BCUT2D eigenvalue weighted by Crippen LogP contribution is 2.27. The zero-order chi connectivity index (χ0) is 33.6. The van der Waals surface area contributed by atoms with Crippen LogP contribution in [0.25, 0.3) is 0 Å². The molecule has 2 amide bonds. The minimum Gasteiger partial charge on any atom is -0.460 e. The van der Waals surface area contributed by atoms with Crippen LogP contribution in [0, 0.1) is 0 Å². The monoisotopic (exact) mass is 643 g/mol. The van der Waals surface area contributed by atoms with Gasteiger partial charge in [-0.05, 0) is 75.6 Å². The van der Waals surface area contributed by atoms with Crippen LogP contribution in [0.1, 0.15) is 63.1 Å². The Hall–Kier alpha value is -4.70. The number of carbonyl (C=O) groups excluding carboxylic acids is 4. The maximum absolute atomic E-state index is 14.1. The Morgan fingerprint density at radius 1 is 0.851 bits per heavy atom. The number of anilines is 1. The fraction of sp³-hybridized carbons (Fsp3) is 0.405. The van der Waals surface area contributed by atoms with Gasteiger partial charge < -0.3 is 19.5 Å². The number of nitrogens with zero attached hydrogens (tertiary/aromatic N) is 1. The number of carbonyl (C=O) groups is 4. The molecule has 47 heavy (non-hydrogen) atoms. The first-order chi connectivity index (χ1) is 22.6. The molecule has 0 aliphatic carbocycles. The Labute approximate surface area is 276 Å². The second-order valence-electron chi connectivity index (χ2n) is 12.5. The molecular formula is C37H45N3O7. The molecule has 2 atom stereocenters. The summed E-state index contributed by atoms with van der Waals surface area (Å²) >= 11 is 0. The number of aryl methyl sites for hydroxylation is 1. The van der Waals surface area contributed by atoms with Crippen molar-refractivity contribution in [2.24, 2.45) is 0 Å². The molecular weight excluding hydrogens is 598 g/mol. The highest BCUT2D eigenvalue weighted by molar-refractivity contribution is 6.02. The van der Waals surface area contributed by atoms with Crippen LogP contribution in [0.5, 0.6) is 0 Å². The molecule has 3 aromatic rings. The number of para-hydroxylation sites is 1. The summed E-state index contributed by atoms with van der Waals surface area (Å²) in [7, 11) is 0. The van der Waals surface area contributed by atoms with Crippen LogP contribution in [0.15, 0.2) is 84.9 Å². The van der Waals surface area contributed by atoms with Gasteiger partial charge in [0.15, 0.2) is 0 Å². The van der Waals surface area contributed by atoms with E-state index in [-0.39, 0.29) is 25.7 Å². The van der Waals surface area contributed by atoms with E-state index in [1.54, 1.807) is 20.8 Å². The maximum atomic E-state index is 14.1. The number of unbranched alkanes of at least 4 members (excludes halogenated alkanes) is 1. The zero-order valence-electron chi connectivity index (χ0n) is 27.4. The van der Waals surface area contributed by atoms with Crippen LogP contribution >= 0.6 is 0 Å². The number of fused-ring (bicyclic) bond motifs is 1. The molecule has 0 spiro atoms. The van der Waals surface area contributed by atoms with E-state index < -0.39 is 35.7 Å². The molecule has 250 valence electrons. The summed E-state index contributed by atoms with van der Waals surface area (Å²) in [5.74, 6) is -1.33. The summed E-state index contributed by atoms with van der Waals surface area (Å²) in [6.45, 7) is 5.70. The predicted octanol–water partition coefficient (Wildman–Crippen LogP) is 5.47. The fourth-order valence-corrected chi connectivity index (χ4v) is 5.27. The third kappa shape index (κ3) is 11.6. The second-order valence-corrected chi connectivity index (χ2v) is 12.5. The molecule has 0 bridgehead atoms. The predicted molar refractivity (Wildman–Crippen MR) is 178 cm³/mol. The van der Waals surface area contributed by atoms with Crippen molar-refractivity contribution in [1.82, 2.24) is 10.6 Å². The van der Waals surface area contributed by atoms with Crippen molar-refractivity contribution in [2.45, 2.75) is 83.8 Å². The van der Waals surface area contributed by atoms with Gasteiger partial charge in [0.05, 0.1) is 6.04 Å². The molecule has 4 rings (SSSR count). The van der Waals surface area contributed by atoms with Crippen LogP contribution in [-0.2, 0) is 48.2 Å². The van der Waals surface area contributed by atoms with E-state index in [0.29, 0.717) is 44.3 Å². The normalized spacial score (nSPS) is 15.2. The van der Waals surface area contributed by atoms with Gasteiger partial charge >= 0.3 is 18.0 Å². The van der Waals surface area contributed by atoms with Gasteiger partial charge in [0.1, 0.15) is 31.4 Å². The zero-order valence-corrected chi connectivity index (χ0v) is 27.4. The molecule has 0 aromatic heterocycles. The second kappa shape index (κ2) is 17.3. The van der Waals surface area contributed by atoms with Gasteiger partial charge in [-0.2, -0.15) is 0 Å². The van der Waals surface area contributed by atoms with Crippen LogP contribution in [0.4, 0.5) is 10.5 Å². The van der Waals surface area contributed by atoms with E-state index in [1.807, 2.05) is 84.9 Å². The molecule has 0 saturated carbocycles. The van der Waals surface area contributed by atoms with E-state index in [4.69, 9.17) is 14.2 Å². The third-order valence-electron chi connectivity index (χ3n) is 7.58. The standard InChI is InChI=1S/C37H45N3O7/c1-37(2,3)47-36(44)38-23-13-12-19-31(35(43)46-26-28-16-8-5-9-17-28)39-30-22-21-29-18-10-11-20-32(29)40(34(30)42)24-33(41)45-25-27-14-6-4-7-15-27/h4-11,14-18,20,30-31,39H,12-13,19,21-26H2,1-3H3,(H,38,44)/t30-,31-/m0/s1. The van der Waals surface area contributed by atoms with Crippen LogP contribution < -0.4 is 15.5 Å². The molecule has 1 aliphatic rings. The quantitative estimate of drug-likeness (QED) is 0.135. The molecule has 0 unspecified atom stereocenters. The van der Waals surface area contributed by atoms with Crippen molar-refractivity contribution >= 4 is 29.6 Å². The average molecular weight is 644 g/mol. The Morgan fingerprint density at radius 3 is 2.13 bits per heavy atom. The first-order valence-electron chi connectivity index (χ1n) is 16.1. The topological polar surface area (TPSA) is 123 Å². The van der Waals surface area contributed by atoms with Crippen molar-refractivity contribution < 1.29 is 33.4 Å². The summed E-state index contributed by atoms with van der Waals surface area (Å²) in [6, 6.07) is 24.7. The Bertz CT molecular complexity index is 1470. The number of nitrogens with one attached hydrogen (secondary N) is 2. The number of amides is 2. The molecule has 0 radical (unpaired) electrons. The molecule has 1 aliphatic heterocycles. The number of rotatable bonds is 14. The number of hydrogen-bond acceptors (Lipinski definition) is 8. The molecule has 3 aromatic carbocycles. The van der Waals surface area contributed by atoms with Gasteiger partial charge in [0.2, 0.25) is 5.91 Å². The fourth-order valence-electron chi connectivity index (χ4n) is 5.27. The average Bonchev–Trinajstić information content (AvgIpc) is 3.18. The van der Waals surface area contributed by atoms with Gasteiger partial charge in [-0.25, -0.2) is 4.79 Å². The van der Waals surface area contributed by atoms with Crippen molar-refractivity contribution in [3.8, 4) is 0 Å². The Kier molecular flexibility index (Phi) is 12.9. The van der Waals surface area contributed by atoms with Crippen LogP contribution in [0.3, 0.4) is 0 Å². The molecule has 0 saturated heterocycles. The van der Waals surface area contributed by atoms with Crippen LogP contribution in [-0.4, -0.2) is 54.7 Å². The van der Waals surface area contributed by atoms with Gasteiger partial charge in [0.25, 0.3) is 0 Å². The largest absolute Gasteiger partial charge is 0.460 e. The number of hydrogen-bond donors (Lipinski definition) is 2. The van der Waals surface area contributed by atoms with Crippen molar-refractivity contribution in [3.05, 3.63) is 102 Å². The SMILES string of the molecule is CC(C)(C)OC(=O)NCCCC[C@H](N[C@H]1CCc2ccccc2N(CC(=O)OCc2ccccc2)C1=O)C(=O)OCc1ccccc1. The summed E-state index contributed by atoms with van der Waals surface area (Å²) in [6.07, 6.45) is 2.03. The maximum Gasteiger partial charge on any atom is 0.407 e. The summed E-state index contributed by atoms with van der Waals surface area (Å²) in [5, 5.41) is 6.02. The van der Waals surface area contributed by atoms with Crippen molar-refractivity contribution in [3.63, 3.8) is 0 Å². The lowest BCUT2D eigenvalue weighted by atomic mass is 10.0. The molecule has 1 heterocycles. The third-order valence-corrected chi connectivity index (χ3v) is 7.58. The van der Waals surface area contributed by atoms with Gasteiger partial charge in [-0.15, -0.1) is 0 Å². The van der Waals surface area contributed by atoms with Crippen molar-refractivity contribution in [2.75, 3.05) is 18.0 Å². The van der Waals surface area contributed by atoms with E-state index in [0.717, 1.165) is 16.7 Å². The lowest BCUT2D eigenvalue weighted by Crippen LogP contribution is -2.53. The number of benzene rings is 3. The lowest BCUT2D eigenvalue weighted by Gasteiger charge is -2.28. The summed E-state index contributed by atoms with van der Waals surface area (Å²) < 4.78 is 16.5. The number of ether oxygens (including phenoxy) is 3. The molecule has 2 N–H and O–H groups in total. The Morgan fingerprint density at radius 2 is 1.47 bits per heavy atom. The van der Waals surface area contributed by atoms with Gasteiger partial charge in [-0.1, -0.05) is 78.9 Å². The minimum absolute atomic E-state index is 0.0987. The smallest absolute Gasteiger partial charge is 0.407 e. The van der Waals surface area contributed by atoms with Crippen LogP contribution in [0.2, 0.25) is 0 Å². The first kappa shape index (κ1) is 35.2. The van der Waals surface area contributed by atoms with Gasteiger partial charge in [0, 0.05) is 12.2 Å². The first-order valence-corrected chi connectivity index (χ1v) is 16.1. The van der Waals surface area contributed by atoms with E-state index in [9.17, 15) is 19.2 Å². The molecule has 0 fully saturated rings. The highest BCUT2D eigenvalue weighted by atomic mass is 16.6. The van der Waals surface area contributed by atoms with E-state index in [2.05, 4.69) is 10.6 Å². The summed E-state index contributed by atoms with van der Waals surface area (Å²) in [4.78, 5) is 54.0. The number of alkyl carbamates (subject to hydrolysis) is 1. The van der Waals surface area contributed by atoms with Crippen molar-refractivity contribution in [1.29, 1.82) is 0 Å². The summed E-state index contributed by atoms with van der Waals surface area (Å²) in [5.41, 5.74) is 2.68. The molecule has 10 heteroatoms.